The van der Waals surface area contributed by atoms with Crippen molar-refractivity contribution < 1.29 is 24.3 Å². The number of likely N-dealkylation sites (N-methyl/N-ethyl adjacent to an activating group) is 1. The Bertz CT molecular complexity index is 1510. The maximum absolute atomic E-state index is 13.2. The number of carbonyl (C=O) groups is 2. The number of halogens is 1. The number of aryl methyl sites for hydroxylation is 1. The summed E-state index contributed by atoms with van der Waals surface area (Å²) in [5.74, 6) is 5.07. The van der Waals surface area contributed by atoms with Gasteiger partial charge in [0.1, 0.15) is 25.2 Å². The fourth-order valence-corrected chi connectivity index (χ4v) is 5.20. The predicted octanol–water partition coefficient (Wildman–Crippen LogP) is 4.22. The molecule has 1 atom stereocenters. The summed E-state index contributed by atoms with van der Waals surface area (Å²) in [7, 11) is 1.66. The van der Waals surface area contributed by atoms with Crippen molar-refractivity contribution in [2.75, 3.05) is 13.8 Å². The Kier molecular flexibility index (Phi) is 11.9. The second-order valence-corrected chi connectivity index (χ2v) is 10.8. The molecule has 4 aromatic rings. The molecule has 0 radical (unpaired) electrons. The third-order valence-corrected chi connectivity index (χ3v) is 7.58. The SMILES string of the molecule is CCCCc1nc(Cl)c(COC(=O)C(CCCC(=O)O)N(C)CON)n1Cc1ccc(-c2ccccc2-c2nn[nH]n2)cc1. The number of carboxylic acids is 1. The number of hydrogen-bond donors (Lipinski definition) is 3. The minimum absolute atomic E-state index is 0.0255. The van der Waals surface area contributed by atoms with Gasteiger partial charge in [0.15, 0.2) is 5.15 Å². The molecular formula is C30H37ClN8O5. The van der Waals surface area contributed by atoms with Crippen molar-refractivity contribution >= 4 is 23.5 Å². The monoisotopic (exact) mass is 624 g/mol. The highest BCUT2D eigenvalue weighted by molar-refractivity contribution is 6.30. The van der Waals surface area contributed by atoms with Gasteiger partial charge in [0.2, 0.25) is 5.82 Å². The quantitative estimate of drug-likeness (QED) is 0.0871. The van der Waals surface area contributed by atoms with Crippen LogP contribution in [0.25, 0.3) is 22.5 Å². The van der Waals surface area contributed by atoms with Crippen molar-refractivity contribution in [3.05, 3.63) is 70.8 Å². The second-order valence-electron chi connectivity index (χ2n) is 10.4. The molecule has 0 saturated carbocycles. The number of aromatic amines is 1. The summed E-state index contributed by atoms with van der Waals surface area (Å²) in [6.07, 6.45) is 3.11. The van der Waals surface area contributed by atoms with Gasteiger partial charge in [0.05, 0.1) is 5.69 Å². The Morgan fingerprint density at radius 1 is 1.14 bits per heavy atom. The Morgan fingerprint density at radius 3 is 2.55 bits per heavy atom. The third-order valence-electron chi connectivity index (χ3n) is 7.28. The number of aromatic nitrogens is 6. The van der Waals surface area contributed by atoms with Gasteiger partial charge in [0, 0.05) is 24.9 Å². The Labute approximate surface area is 260 Å². The molecule has 0 aliphatic rings. The zero-order valence-electron chi connectivity index (χ0n) is 24.8. The third kappa shape index (κ3) is 8.47. The minimum atomic E-state index is -0.936. The Balaban J connectivity index is 1.54. The van der Waals surface area contributed by atoms with Crippen LogP contribution in [0.5, 0.6) is 0 Å². The van der Waals surface area contributed by atoms with Gasteiger partial charge in [0.25, 0.3) is 0 Å². The van der Waals surface area contributed by atoms with Crippen LogP contribution in [-0.2, 0) is 38.7 Å². The van der Waals surface area contributed by atoms with Crippen LogP contribution in [0.15, 0.2) is 48.5 Å². The zero-order chi connectivity index (χ0) is 31.5. The first-order valence-electron chi connectivity index (χ1n) is 14.4. The molecule has 4 rings (SSSR count). The molecule has 2 heterocycles. The van der Waals surface area contributed by atoms with Gasteiger partial charge in [-0.3, -0.25) is 19.3 Å². The molecule has 4 N–H and O–H groups in total. The van der Waals surface area contributed by atoms with Crippen LogP contribution in [-0.4, -0.2) is 71.9 Å². The van der Waals surface area contributed by atoms with Crippen LogP contribution in [0.3, 0.4) is 0 Å². The summed E-state index contributed by atoms with van der Waals surface area (Å²) in [5, 5.41) is 23.7. The highest BCUT2D eigenvalue weighted by Crippen LogP contribution is 2.30. The molecule has 2 aromatic heterocycles. The fraction of sp³-hybridized carbons (Fsp3) is 0.400. The number of carboxylic acid groups (broad SMARTS) is 1. The Hall–Kier alpha value is -4.17. The predicted molar refractivity (Wildman–Crippen MR) is 163 cm³/mol. The first-order valence-corrected chi connectivity index (χ1v) is 14.8. The lowest BCUT2D eigenvalue weighted by atomic mass is 9.98. The van der Waals surface area contributed by atoms with Gasteiger partial charge in [-0.25, -0.2) is 10.9 Å². The van der Waals surface area contributed by atoms with Crippen LogP contribution in [0.4, 0.5) is 0 Å². The molecule has 0 amide bonds. The maximum atomic E-state index is 13.2. The number of aliphatic carboxylic acids is 1. The molecule has 14 heteroatoms. The van der Waals surface area contributed by atoms with E-state index in [4.69, 9.17) is 27.3 Å². The fourth-order valence-electron chi connectivity index (χ4n) is 4.94. The molecule has 0 aliphatic carbocycles. The molecule has 44 heavy (non-hydrogen) atoms. The average molecular weight is 625 g/mol. The average Bonchev–Trinajstić information content (AvgIpc) is 3.65. The summed E-state index contributed by atoms with van der Waals surface area (Å²) < 4.78 is 7.73. The number of nitrogens with one attached hydrogen (secondary N) is 1. The standard InChI is InChI=1S/C30H37ClN8O5/c1-3-4-11-26-33-28(31)25(18-43-30(42)24(38(2)19-44-32)10-7-12-27(40)41)39(26)17-20-13-15-21(16-14-20)22-8-5-6-9-23(22)29-34-36-37-35-29/h5-6,8-9,13-16,24H,3-4,7,10-12,17-19,32H2,1-2H3,(H,40,41)(H,34,35,36,37). The van der Waals surface area contributed by atoms with Gasteiger partial charge in [-0.15, -0.1) is 10.2 Å². The van der Waals surface area contributed by atoms with Crippen molar-refractivity contribution in [2.24, 2.45) is 5.90 Å². The number of hydrogen-bond acceptors (Lipinski definition) is 10. The number of nitrogens with zero attached hydrogens (tertiary/aromatic N) is 6. The summed E-state index contributed by atoms with van der Waals surface area (Å²) in [6.45, 7) is 2.46. The van der Waals surface area contributed by atoms with E-state index in [1.807, 2.05) is 53.1 Å². The van der Waals surface area contributed by atoms with E-state index in [9.17, 15) is 9.59 Å². The molecule has 1 unspecified atom stereocenters. The number of nitrogens with two attached hydrogens (primary N) is 1. The van der Waals surface area contributed by atoms with Gasteiger partial charge < -0.3 is 14.4 Å². The molecule has 0 bridgehead atoms. The van der Waals surface area contributed by atoms with E-state index in [2.05, 4.69) is 37.4 Å². The molecule has 0 spiro atoms. The molecule has 0 saturated heterocycles. The van der Waals surface area contributed by atoms with Crippen LogP contribution in [0.1, 0.15) is 56.1 Å². The summed E-state index contributed by atoms with van der Waals surface area (Å²) in [6, 6.07) is 15.3. The molecule has 2 aromatic carbocycles. The summed E-state index contributed by atoms with van der Waals surface area (Å²) in [4.78, 5) is 35.0. The van der Waals surface area contributed by atoms with E-state index >= 15 is 0 Å². The highest BCUT2D eigenvalue weighted by atomic mass is 35.5. The lowest BCUT2D eigenvalue weighted by molar-refractivity contribution is -0.154. The number of ether oxygens (including phenoxy) is 1. The van der Waals surface area contributed by atoms with E-state index in [0.29, 0.717) is 30.9 Å². The number of imidazole rings is 1. The number of tetrazole rings is 1. The lowest BCUT2D eigenvalue weighted by Crippen LogP contribution is -2.41. The summed E-state index contributed by atoms with van der Waals surface area (Å²) in [5.41, 5.74) is 4.44. The molecule has 0 fully saturated rings. The maximum Gasteiger partial charge on any atom is 0.323 e. The van der Waals surface area contributed by atoms with Crippen molar-refractivity contribution in [1.29, 1.82) is 0 Å². The second kappa shape index (κ2) is 16.1. The van der Waals surface area contributed by atoms with Crippen molar-refractivity contribution in [2.45, 2.75) is 64.6 Å². The molecular weight excluding hydrogens is 588 g/mol. The molecule has 0 aliphatic heterocycles. The smallest absolute Gasteiger partial charge is 0.323 e. The molecule has 234 valence electrons. The van der Waals surface area contributed by atoms with E-state index in [1.165, 1.54) is 0 Å². The zero-order valence-corrected chi connectivity index (χ0v) is 25.5. The minimum Gasteiger partial charge on any atom is -0.481 e. The first-order chi connectivity index (χ1) is 21.3. The van der Waals surface area contributed by atoms with Crippen LogP contribution < -0.4 is 5.90 Å². The number of H-pyrrole nitrogens is 1. The number of rotatable bonds is 17. The first kappa shape index (κ1) is 32.7. The van der Waals surface area contributed by atoms with Gasteiger partial charge >= 0.3 is 11.9 Å². The van der Waals surface area contributed by atoms with Crippen LogP contribution >= 0.6 is 11.6 Å². The van der Waals surface area contributed by atoms with E-state index in [-0.39, 0.29) is 31.3 Å². The topological polar surface area (TPSA) is 174 Å². The number of carbonyl (C=O) groups excluding carboxylic acids is 1. The highest BCUT2D eigenvalue weighted by Gasteiger charge is 2.26. The van der Waals surface area contributed by atoms with E-state index < -0.39 is 18.0 Å². The largest absolute Gasteiger partial charge is 0.481 e. The van der Waals surface area contributed by atoms with E-state index in [0.717, 1.165) is 40.9 Å². The van der Waals surface area contributed by atoms with Gasteiger partial charge in [-0.1, -0.05) is 73.5 Å². The van der Waals surface area contributed by atoms with Crippen molar-refractivity contribution in [3.8, 4) is 22.5 Å². The normalized spacial score (nSPS) is 12.0. The van der Waals surface area contributed by atoms with Gasteiger partial charge in [-0.2, -0.15) is 5.21 Å². The number of unbranched alkanes of at least 4 members (excludes halogenated alkanes) is 1. The van der Waals surface area contributed by atoms with E-state index in [1.54, 1.807) is 11.9 Å². The summed E-state index contributed by atoms with van der Waals surface area (Å²) >= 11 is 6.61. The van der Waals surface area contributed by atoms with Crippen LogP contribution in [0.2, 0.25) is 5.15 Å². The molecule has 13 nitrogen and oxygen atoms in total. The van der Waals surface area contributed by atoms with Crippen molar-refractivity contribution in [1.82, 2.24) is 35.1 Å². The lowest BCUT2D eigenvalue weighted by Gasteiger charge is -2.25. The number of esters is 1. The number of benzene rings is 2. The Morgan fingerprint density at radius 2 is 1.89 bits per heavy atom. The van der Waals surface area contributed by atoms with Gasteiger partial charge in [-0.05, 0) is 48.2 Å². The van der Waals surface area contributed by atoms with Crippen molar-refractivity contribution in [3.63, 3.8) is 0 Å². The van der Waals surface area contributed by atoms with Crippen LogP contribution in [0, 0.1) is 0 Å².